The number of ether oxygens (including phenoxy) is 3. The molecule has 0 amide bonds. The Labute approximate surface area is 190 Å². The zero-order valence-corrected chi connectivity index (χ0v) is 18.5. The zero-order valence-electron chi connectivity index (χ0n) is 18.5. The third-order valence-electron chi connectivity index (χ3n) is 6.02. The Hall–Kier alpha value is -2.53. The Morgan fingerprint density at radius 1 is 0.844 bits per heavy atom. The van der Waals surface area contributed by atoms with E-state index in [0.717, 1.165) is 29.5 Å². The smallest absolute Gasteiger partial charge is 0.157 e. The van der Waals surface area contributed by atoms with Crippen molar-refractivity contribution in [2.75, 3.05) is 19.8 Å². The molecule has 1 heterocycles. The first-order chi connectivity index (χ1) is 15.8. The molecule has 0 N–H and O–H groups in total. The fourth-order valence-corrected chi connectivity index (χ4v) is 4.28. The van der Waals surface area contributed by atoms with Crippen LogP contribution in [0.25, 0.3) is 0 Å². The molecular weight excluding hydrogens is 403 g/mol. The average Bonchev–Trinajstić information content (AvgIpc) is 3.21. The molecule has 1 aliphatic heterocycles. The number of rotatable bonds is 10. The van der Waals surface area contributed by atoms with Crippen LogP contribution in [0.3, 0.4) is 0 Å². The molecule has 4 heteroatoms. The van der Waals surface area contributed by atoms with Gasteiger partial charge in [0.15, 0.2) is 6.17 Å². The van der Waals surface area contributed by atoms with Crippen LogP contribution in [0.1, 0.15) is 36.5 Å². The minimum absolute atomic E-state index is 0.119. The Morgan fingerprint density at radius 2 is 1.34 bits per heavy atom. The standard InChI is InChI=1S/C28H31FO3/c1-2-3-19-30-25-20-31-26(27(25)29)21-32-28(22-13-7-4-8-14-22,23-15-9-5-10-16-23)24-17-11-6-12-18-24/h4-18,25-27H,2-3,19-21H2,1H3/t25-,26-,27-/m1/s1. The molecule has 1 aliphatic rings. The van der Waals surface area contributed by atoms with Crippen LogP contribution in [-0.2, 0) is 19.8 Å². The van der Waals surface area contributed by atoms with Crippen molar-refractivity contribution in [3.63, 3.8) is 0 Å². The summed E-state index contributed by atoms with van der Waals surface area (Å²) in [6.07, 6.45) is -0.479. The fourth-order valence-electron chi connectivity index (χ4n) is 4.28. The highest BCUT2D eigenvalue weighted by molar-refractivity contribution is 5.47. The zero-order chi connectivity index (χ0) is 22.2. The lowest BCUT2D eigenvalue weighted by atomic mass is 9.80. The summed E-state index contributed by atoms with van der Waals surface area (Å²) in [6.45, 7) is 3.02. The van der Waals surface area contributed by atoms with Gasteiger partial charge in [-0.05, 0) is 23.1 Å². The summed E-state index contributed by atoms with van der Waals surface area (Å²) in [5, 5.41) is 0. The third kappa shape index (κ3) is 4.78. The predicted octanol–water partition coefficient (Wildman–Crippen LogP) is 5.92. The van der Waals surface area contributed by atoms with Crippen LogP contribution in [0.2, 0.25) is 0 Å². The summed E-state index contributed by atoms with van der Waals surface area (Å²) >= 11 is 0. The van der Waals surface area contributed by atoms with E-state index >= 15 is 4.39 Å². The lowest BCUT2D eigenvalue weighted by Gasteiger charge is -2.36. The molecule has 0 aromatic heterocycles. The Kier molecular flexibility index (Phi) is 7.69. The topological polar surface area (TPSA) is 27.7 Å². The van der Waals surface area contributed by atoms with Gasteiger partial charge in [0.05, 0.1) is 13.2 Å². The highest BCUT2D eigenvalue weighted by Crippen LogP contribution is 2.41. The first-order valence-corrected chi connectivity index (χ1v) is 11.4. The van der Waals surface area contributed by atoms with Gasteiger partial charge in [-0.15, -0.1) is 0 Å². The van der Waals surface area contributed by atoms with E-state index in [4.69, 9.17) is 14.2 Å². The first kappa shape index (κ1) is 22.7. The number of benzene rings is 3. The van der Waals surface area contributed by atoms with Crippen molar-refractivity contribution in [2.45, 2.75) is 43.7 Å². The number of hydrogen-bond acceptors (Lipinski definition) is 3. The number of unbranched alkanes of at least 4 members (excludes halogenated alkanes) is 1. The average molecular weight is 435 g/mol. The van der Waals surface area contributed by atoms with Gasteiger partial charge in [-0.25, -0.2) is 4.39 Å². The van der Waals surface area contributed by atoms with Crippen molar-refractivity contribution < 1.29 is 18.6 Å². The number of hydrogen-bond donors (Lipinski definition) is 0. The van der Waals surface area contributed by atoms with Gasteiger partial charge < -0.3 is 14.2 Å². The van der Waals surface area contributed by atoms with E-state index < -0.39 is 24.0 Å². The maximum Gasteiger partial charge on any atom is 0.157 e. The first-order valence-electron chi connectivity index (χ1n) is 11.4. The summed E-state index contributed by atoms with van der Waals surface area (Å²) in [5.41, 5.74) is 2.08. The van der Waals surface area contributed by atoms with Crippen LogP contribution in [0.15, 0.2) is 91.0 Å². The van der Waals surface area contributed by atoms with Gasteiger partial charge in [-0.1, -0.05) is 104 Å². The molecule has 0 radical (unpaired) electrons. The monoisotopic (exact) mass is 434 g/mol. The van der Waals surface area contributed by atoms with Crippen LogP contribution < -0.4 is 0 Å². The molecule has 1 saturated heterocycles. The van der Waals surface area contributed by atoms with Crippen LogP contribution in [-0.4, -0.2) is 38.2 Å². The lowest BCUT2D eigenvalue weighted by Crippen LogP contribution is -2.38. The van der Waals surface area contributed by atoms with Crippen molar-refractivity contribution in [2.24, 2.45) is 0 Å². The maximum atomic E-state index is 15.1. The largest absolute Gasteiger partial charge is 0.373 e. The van der Waals surface area contributed by atoms with E-state index in [0.29, 0.717) is 6.61 Å². The molecule has 168 valence electrons. The lowest BCUT2D eigenvalue weighted by molar-refractivity contribution is -0.0597. The molecule has 0 unspecified atom stereocenters. The minimum Gasteiger partial charge on any atom is -0.373 e. The normalized spacial score (nSPS) is 21.0. The van der Waals surface area contributed by atoms with Crippen LogP contribution in [0.5, 0.6) is 0 Å². The third-order valence-corrected chi connectivity index (χ3v) is 6.02. The molecular formula is C28H31FO3. The predicted molar refractivity (Wildman–Crippen MR) is 124 cm³/mol. The summed E-state index contributed by atoms with van der Waals surface area (Å²) in [5.74, 6) is 0. The van der Waals surface area contributed by atoms with E-state index in [1.165, 1.54) is 0 Å². The van der Waals surface area contributed by atoms with Gasteiger partial charge >= 0.3 is 0 Å². The molecule has 1 fully saturated rings. The summed E-state index contributed by atoms with van der Waals surface area (Å²) in [7, 11) is 0. The van der Waals surface area contributed by atoms with Crippen LogP contribution >= 0.6 is 0 Å². The van der Waals surface area contributed by atoms with Gasteiger partial charge in [0.1, 0.15) is 17.8 Å². The SMILES string of the molecule is CCCCO[C@@H]1CO[C@H](COC(c2ccccc2)(c2ccccc2)c2ccccc2)[C@@H]1F. The molecule has 3 aromatic rings. The number of halogens is 1. The van der Waals surface area contributed by atoms with Gasteiger partial charge in [-0.2, -0.15) is 0 Å². The van der Waals surface area contributed by atoms with Gasteiger partial charge in [-0.3, -0.25) is 0 Å². The second kappa shape index (κ2) is 10.9. The second-order valence-electron chi connectivity index (χ2n) is 8.17. The molecule has 0 saturated carbocycles. The molecule has 3 nitrogen and oxygen atoms in total. The van der Waals surface area contributed by atoms with E-state index in [2.05, 4.69) is 43.3 Å². The fraction of sp³-hybridized carbons (Fsp3) is 0.357. The molecule has 3 aromatic carbocycles. The van der Waals surface area contributed by atoms with E-state index in [9.17, 15) is 0 Å². The van der Waals surface area contributed by atoms with Crippen molar-refractivity contribution in [1.82, 2.24) is 0 Å². The van der Waals surface area contributed by atoms with E-state index in [1.54, 1.807) is 0 Å². The van der Waals surface area contributed by atoms with Crippen molar-refractivity contribution >= 4 is 0 Å². The second-order valence-corrected chi connectivity index (χ2v) is 8.17. The molecule has 32 heavy (non-hydrogen) atoms. The molecule has 3 atom stereocenters. The van der Waals surface area contributed by atoms with Gasteiger partial charge in [0.25, 0.3) is 0 Å². The summed E-state index contributed by atoms with van der Waals surface area (Å²) in [6, 6.07) is 30.3. The van der Waals surface area contributed by atoms with Crippen molar-refractivity contribution in [3.05, 3.63) is 108 Å². The Bertz CT molecular complexity index is 836. The molecule has 4 rings (SSSR count). The van der Waals surface area contributed by atoms with Gasteiger partial charge in [0, 0.05) is 6.61 Å². The molecule has 0 spiro atoms. The van der Waals surface area contributed by atoms with Crippen molar-refractivity contribution in [1.29, 1.82) is 0 Å². The number of alkyl halides is 1. The quantitative estimate of drug-likeness (QED) is 0.293. The highest BCUT2D eigenvalue weighted by atomic mass is 19.1. The van der Waals surface area contributed by atoms with Crippen LogP contribution in [0.4, 0.5) is 4.39 Å². The Balaban J connectivity index is 1.65. The van der Waals surface area contributed by atoms with Crippen molar-refractivity contribution in [3.8, 4) is 0 Å². The van der Waals surface area contributed by atoms with Gasteiger partial charge in [0.2, 0.25) is 0 Å². The highest BCUT2D eigenvalue weighted by Gasteiger charge is 2.43. The van der Waals surface area contributed by atoms with Crippen LogP contribution in [0, 0.1) is 0 Å². The maximum absolute atomic E-state index is 15.1. The molecule has 0 bridgehead atoms. The summed E-state index contributed by atoms with van der Waals surface area (Å²) < 4.78 is 33.3. The Morgan fingerprint density at radius 3 is 1.81 bits per heavy atom. The van der Waals surface area contributed by atoms with E-state index in [1.807, 2.05) is 54.6 Å². The molecule has 0 aliphatic carbocycles. The van der Waals surface area contributed by atoms with E-state index in [-0.39, 0.29) is 13.2 Å². The summed E-state index contributed by atoms with van der Waals surface area (Å²) in [4.78, 5) is 0. The minimum atomic E-state index is -1.22.